The second kappa shape index (κ2) is 6.28. The minimum atomic E-state index is 0.0740. The molecule has 0 bridgehead atoms. The quantitative estimate of drug-likeness (QED) is 0.794. The Kier molecular flexibility index (Phi) is 4.99. The van der Waals surface area contributed by atoms with E-state index in [-0.39, 0.29) is 11.9 Å². The van der Waals surface area contributed by atoms with Crippen molar-refractivity contribution in [2.45, 2.75) is 26.3 Å². The third-order valence-electron chi connectivity index (χ3n) is 2.56. The number of carbonyl (C=O) groups is 1. The van der Waals surface area contributed by atoms with E-state index in [4.69, 9.17) is 0 Å². The van der Waals surface area contributed by atoms with Crippen molar-refractivity contribution in [3.63, 3.8) is 0 Å². The van der Waals surface area contributed by atoms with E-state index in [2.05, 4.69) is 41.8 Å². The molecule has 3 nitrogen and oxygen atoms in total. The highest BCUT2D eigenvalue weighted by Crippen LogP contribution is 2.12. The van der Waals surface area contributed by atoms with Gasteiger partial charge < -0.3 is 10.6 Å². The molecule has 0 aliphatic heterocycles. The Hall–Kier alpha value is -1.35. The summed E-state index contributed by atoms with van der Waals surface area (Å²) < 4.78 is 0. The predicted octanol–water partition coefficient (Wildman–Crippen LogP) is 1.78. The van der Waals surface area contributed by atoms with Gasteiger partial charge in [0, 0.05) is 13.0 Å². The summed E-state index contributed by atoms with van der Waals surface area (Å²) in [7, 11) is 1.84. The number of aryl methyl sites for hydroxylation is 1. The third-order valence-corrected chi connectivity index (χ3v) is 2.56. The molecule has 1 aromatic carbocycles. The summed E-state index contributed by atoms with van der Waals surface area (Å²) in [6, 6.07) is 8.30. The zero-order valence-corrected chi connectivity index (χ0v) is 10.2. The molecule has 0 radical (unpaired) electrons. The fourth-order valence-electron chi connectivity index (χ4n) is 1.49. The monoisotopic (exact) mass is 220 g/mol. The van der Waals surface area contributed by atoms with Crippen molar-refractivity contribution in [3.8, 4) is 0 Å². The summed E-state index contributed by atoms with van der Waals surface area (Å²) in [5.41, 5.74) is 2.38. The standard InChI is InChI=1S/C13H20N2O/c1-10-4-6-12(7-5-10)11(2)15-13(16)8-9-14-3/h4-7,11,14H,8-9H2,1-3H3,(H,15,16)/t11-/m0/s1. The van der Waals surface area contributed by atoms with Gasteiger partial charge in [0.1, 0.15) is 0 Å². The zero-order valence-electron chi connectivity index (χ0n) is 10.2. The highest BCUT2D eigenvalue weighted by molar-refractivity contribution is 5.76. The Morgan fingerprint density at radius 2 is 1.94 bits per heavy atom. The van der Waals surface area contributed by atoms with Crippen molar-refractivity contribution >= 4 is 5.91 Å². The third kappa shape index (κ3) is 4.03. The van der Waals surface area contributed by atoms with E-state index >= 15 is 0 Å². The Labute approximate surface area is 97.2 Å². The summed E-state index contributed by atoms with van der Waals surface area (Å²) in [6.45, 7) is 4.77. The topological polar surface area (TPSA) is 41.1 Å². The van der Waals surface area contributed by atoms with Gasteiger partial charge in [-0.1, -0.05) is 29.8 Å². The lowest BCUT2D eigenvalue weighted by Crippen LogP contribution is -2.29. The van der Waals surface area contributed by atoms with E-state index in [9.17, 15) is 4.79 Å². The summed E-state index contributed by atoms with van der Waals surface area (Å²) in [5, 5.41) is 5.93. The van der Waals surface area contributed by atoms with E-state index < -0.39 is 0 Å². The lowest BCUT2D eigenvalue weighted by molar-refractivity contribution is -0.121. The van der Waals surface area contributed by atoms with Gasteiger partial charge in [-0.15, -0.1) is 0 Å². The van der Waals surface area contributed by atoms with Gasteiger partial charge in [-0.3, -0.25) is 4.79 Å². The van der Waals surface area contributed by atoms with Crippen LogP contribution in [0.2, 0.25) is 0 Å². The van der Waals surface area contributed by atoms with Gasteiger partial charge in [0.15, 0.2) is 0 Å². The van der Waals surface area contributed by atoms with E-state index in [1.807, 2.05) is 14.0 Å². The Balaban J connectivity index is 2.48. The smallest absolute Gasteiger partial charge is 0.221 e. The van der Waals surface area contributed by atoms with Crippen LogP contribution in [0.4, 0.5) is 0 Å². The van der Waals surface area contributed by atoms with E-state index in [0.29, 0.717) is 13.0 Å². The Bertz CT molecular complexity index is 332. The molecule has 1 amide bonds. The van der Waals surface area contributed by atoms with Gasteiger partial charge in [-0.05, 0) is 26.5 Å². The van der Waals surface area contributed by atoms with E-state index in [1.165, 1.54) is 5.56 Å². The van der Waals surface area contributed by atoms with Crippen LogP contribution in [-0.2, 0) is 4.79 Å². The molecule has 1 aromatic rings. The maximum atomic E-state index is 11.5. The molecule has 16 heavy (non-hydrogen) atoms. The lowest BCUT2D eigenvalue weighted by atomic mass is 10.1. The molecule has 0 aliphatic rings. The second-order valence-electron chi connectivity index (χ2n) is 4.05. The van der Waals surface area contributed by atoms with Crippen molar-refractivity contribution in [2.75, 3.05) is 13.6 Å². The van der Waals surface area contributed by atoms with Gasteiger partial charge in [0.2, 0.25) is 5.91 Å². The molecule has 88 valence electrons. The van der Waals surface area contributed by atoms with Crippen LogP contribution in [0.1, 0.15) is 30.5 Å². The SMILES string of the molecule is CNCCC(=O)N[C@@H](C)c1ccc(C)cc1. The molecule has 3 heteroatoms. The maximum absolute atomic E-state index is 11.5. The Morgan fingerprint density at radius 3 is 2.50 bits per heavy atom. The van der Waals surface area contributed by atoms with E-state index in [0.717, 1.165) is 5.56 Å². The van der Waals surface area contributed by atoms with Gasteiger partial charge in [0.25, 0.3) is 0 Å². The lowest BCUT2D eigenvalue weighted by Gasteiger charge is -2.14. The van der Waals surface area contributed by atoms with Crippen LogP contribution in [0.15, 0.2) is 24.3 Å². The maximum Gasteiger partial charge on any atom is 0.221 e. The van der Waals surface area contributed by atoms with Crippen molar-refractivity contribution in [1.29, 1.82) is 0 Å². The van der Waals surface area contributed by atoms with Crippen LogP contribution in [0.3, 0.4) is 0 Å². The molecule has 1 atom stereocenters. The second-order valence-corrected chi connectivity index (χ2v) is 4.05. The van der Waals surface area contributed by atoms with E-state index in [1.54, 1.807) is 0 Å². The molecule has 0 saturated heterocycles. The molecule has 2 N–H and O–H groups in total. The van der Waals surface area contributed by atoms with Crippen LogP contribution in [-0.4, -0.2) is 19.5 Å². The molecular weight excluding hydrogens is 200 g/mol. The minimum absolute atomic E-state index is 0.0740. The summed E-state index contributed by atoms with van der Waals surface area (Å²) in [4.78, 5) is 11.5. The fraction of sp³-hybridized carbons (Fsp3) is 0.462. The zero-order chi connectivity index (χ0) is 12.0. The number of hydrogen-bond donors (Lipinski definition) is 2. The number of amides is 1. The first-order valence-corrected chi connectivity index (χ1v) is 5.64. The summed E-state index contributed by atoms with van der Waals surface area (Å²) in [6.07, 6.45) is 0.521. The first-order valence-electron chi connectivity index (χ1n) is 5.64. The molecule has 0 saturated carbocycles. The van der Waals surface area contributed by atoms with Gasteiger partial charge in [-0.2, -0.15) is 0 Å². The molecular formula is C13H20N2O. The van der Waals surface area contributed by atoms with Gasteiger partial charge >= 0.3 is 0 Å². The largest absolute Gasteiger partial charge is 0.350 e. The van der Waals surface area contributed by atoms with Crippen molar-refractivity contribution in [3.05, 3.63) is 35.4 Å². The van der Waals surface area contributed by atoms with Crippen molar-refractivity contribution in [2.24, 2.45) is 0 Å². The fourth-order valence-corrected chi connectivity index (χ4v) is 1.49. The molecule has 0 spiro atoms. The number of carbonyl (C=O) groups excluding carboxylic acids is 1. The van der Waals surface area contributed by atoms with Crippen LogP contribution in [0.25, 0.3) is 0 Å². The molecule has 0 aliphatic carbocycles. The highest BCUT2D eigenvalue weighted by Gasteiger charge is 2.08. The number of nitrogens with one attached hydrogen (secondary N) is 2. The first kappa shape index (κ1) is 12.7. The average Bonchev–Trinajstić information content (AvgIpc) is 2.27. The van der Waals surface area contributed by atoms with Crippen LogP contribution >= 0.6 is 0 Å². The highest BCUT2D eigenvalue weighted by atomic mass is 16.1. The predicted molar refractivity (Wildman–Crippen MR) is 66.3 cm³/mol. The molecule has 0 unspecified atom stereocenters. The first-order chi connectivity index (χ1) is 7.63. The van der Waals surface area contributed by atoms with Crippen LogP contribution in [0, 0.1) is 6.92 Å². The van der Waals surface area contributed by atoms with Gasteiger partial charge in [0.05, 0.1) is 6.04 Å². The minimum Gasteiger partial charge on any atom is -0.350 e. The summed E-state index contributed by atoms with van der Waals surface area (Å²) in [5.74, 6) is 0.0856. The molecule has 0 aromatic heterocycles. The van der Waals surface area contributed by atoms with Crippen LogP contribution in [0.5, 0.6) is 0 Å². The van der Waals surface area contributed by atoms with Crippen LogP contribution < -0.4 is 10.6 Å². The molecule has 1 rings (SSSR count). The Morgan fingerprint density at radius 1 is 1.31 bits per heavy atom. The summed E-state index contributed by atoms with van der Waals surface area (Å²) >= 11 is 0. The molecule has 0 fully saturated rings. The average molecular weight is 220 g/mol. The number of rotatable bonds is 5. The normalized spacial score (nSPS) is 12.2. The molecule has 0 heterocycles. The van der Waals surface area contributed by atoms with Gasteiger partial charge in [-0.25, -0.2) is 0 Å². The number of hydrogen-bond acceptors (Lipinski definition) is 2. The van der Waals surface area contributed by atoms with Crippen molar-refractivity contribution < 1.29 is 4.79 Å². The van der Waals surface area contributed by atoms with Crippen molar-refractivity contribution in [1.82, 2.24) is 10.6 Å². The number of benzene rings is 1.